The third-order valence-electron chi connectivity index (χ3n) is 8.46. The van der Waals surface area contributed by atoms with Gasteiger partial charge in [-0.15, -0.1) is 0 Å². The zero-order chi connectivity index (χ0) is 33.2. The van der Waals surface area contributed by atoms with E-state index in [1.54, 1.807) is 54.6 Å². The number of ether oxygens (including phenoxy) is 1. The van der Waals surface area contributed by atoms with E-state index in [1.807, 2.05) is 30.3 Å². The first-order chi connectivity index (χ1) is 22.7. The fourth-order valence-electron chi connectivity index (χ4n) is 5.88. The molecule has 0 radical (unpaired) electrons. The first-order valence-electron chi connectivity index (χ1n) is 15.8. The molecule has 246 valence electrons. The highest BCUT2D eigenvalue weighted by Crippen LogP contribution is 2.26. The molecule has 1 saturated carbocycles. The molecule has 1 atom stereocenters. The number of para-hydroxylation sites is 1. The van der Waals surface area contributed by atoms with Gasteiger partial charge < -0.3 is 15.0 Å². The Bertz CT molecular complexity index is 1710. The fraction of sp³-hybridized carbons (Fsp3) is 0.297. The van der Waals surface area contributed by atoms with Gasteiger partial charge in [0.2, 0.25) is 11.8 Å². The van der Waals surface area contributed by atoms with Crippen LogP contribution in [0.25, 0.3) is 0 Å². The number of amides is 2. The number of anilines is 1. The summed E-state index contributed by atoms with van der Waals surface area (Å²) in [7, 11) is -2.74. The number of hydrogen-bond acceptors (Lipinski definition) is 5. The average Bonchev–Trinajstić information content (AvgIpc) is 3.10. The van der Waals surface area contributed by atoms with Crippen molar-refractivity contribution in [3.05, 3.63) is 126 Å². The van der Waals surface area contributed by atoms with Crippen LogP contribution in [0.3, 0.4) is 0 Å². The predicted octanol–water partition coefficient (Wildman–Crippen LogP) is 6.12. The van der Waals surface area contributed by atoms with Gasteiger partial charge in [-0.25, -0.2) is 12.8 Å². The van der Waals surface area contributed by atoms with E-state index < -0.39 is 34.3 Å². The van der Waals surface area contributed by atoms with Crippen molar-refractivity contribution in [2.75, 3.05) is 18.0 Å². The Labute approximate surface area is 276 Å². The molecule has 1 aliphatic carbocycles. The van der Waals surface area contributed by atoms with Gasteiger partial charge in [0.05, 0.1) is 17.7 Å². The van der Waals surface area contributed by atoms with Gasteiger partial charge in [0.15, 0.2) is 0 Å². The van der Waals surface area contributed by atoms with Crippen LogP contribution in [-0.2, 0) is 32.6 Å². The van der Waals surface area contributed by atoms with Crippen LogP contribution in [0.15, 0.2) is 114 Å². The quantitative estimate of drug-likeness (QED) is 0.187. The van der Waals surface area contributed by atoms with Gasteiger partial charge in [0.25, 0.3) is 10.0 Å². The van der Waals surface area contributed by atoms with Crippen LogP contribution in [0.5, 0.6) is 5.75 Å². The van der Waals surface area contributed by atoms with Crippen LogP contribution < -0.4 is 14.4 Å². The second kappa shape index (κ2) is 15.7. The topological polar surface area (TPSA) is 96.0 Å². The van der Waals surface area contributed by atoms with Crippen molar-refractivity contribution in [2.24, 2.45) is 0 Å². The molecule has 1 fully saturated rings. The Kier molecular flexibility index (Phi) is 11.3. The van der Waals surface area contributed by atoms with E-state index in [0.717, 1.165) is 42.0 Å². The van der Waals surface area contributed by atoms with E-state index in [0.29, 0.717) is 17.0 Å². The largest absolute Gasteiger partial charge is 0.497 e. The van der Waals surface area contributed by atoms with E-state index in [4.69, 9.17) is 4.74 Å². The van der Waals surface area contributed by atoms with Crippen molar-refractivity contribution in [3.63, 3.8) is 0 Å². The summed E-state index contributed by atoms with van der Waals surface area (Å²) in [5.41, 5.74) is 1.75. The summed E-state index contributed by atoms with van der Waals surface area (Å²) in [5.74, 6) is -0.816. The third-order valence-corrected chi connectivity index (χ3v) is 10.2. The number of hydrogen-bond donors (Lipinski definition) is 1. The second-order valence-corrected chi connectivity index (χ2v) is 13.6. The summed E-state index contributed by atoms with van der Waals surface area (Å²) >= 11 is 0. The maximum absolute atomic E-state index is 14.6. The van der Waals surface area contributed by atoms with Crippen molar-refractivity contribution in [1.82, 2.24) is 10.2 Å². The molecule has 1 aliphatic rings. The molecule has 4 aromatic carbocycles. The van der Waals surface area contributed by atoms with Crippen LogP contribution in [0.1, 0.15) is 43.2 Å². The molecule has 5 rings (SSSR count). The standard InChI is InChI=1S/C37H40FN3O5S/c1-46-33-21-23-34(24-22-33)47(44,45)41(32-15-9-4-10-16-32)27-36(42)40(26-29-17-19-30(38)20-18-29)35(25-28-11-5-2-6-12-28)37(43)39-31-13-7-3-8-14-31/h2,4-6,9-12,15-24,31,35H,3,7-8,13-14,25-27H2,1H3,(H,39,43)/t35-/m1/s1. The molecule has 2 amide bonds. The number of carbonyl (C=O) groups excluding carboxylic acids is 2. The van der Waals surface area contributed by atoms with Crippen LogP contribution in [-0.4, -0.2) is 50.9 Å². The molecule has 0 spiro atoms. The molecular formula is C37H40FN3O5S. The van der Waals surface area contributed by atoms with E-state index in [-0.39, 0.29) is 29.8 Å². The monoisotopic (exact) mass is 657 g/mol. The smallest absolute Gasteiger partial charge is 0.264 e. The summed E-state index contributed by atoms with van der Waals surface area (Å²) in [4.78, 5) is 30.1. The Morgan fingerprint density at radius 2 is 1.45 bits per heavy atom. The van der Waals surface area contributed by atoms with Crippen molar-refractivity contribution < 1.29 is 27.1 Å². The third kappa shape index (κ3) is 8.77. The Balaban J connectivity index is 1.54. The second-order valence-electron chi connectivity index (χ2n) is 11.7. The number of benzene rings is 4. The molecule has 0 aromatic heterocycles. The molecule has 0 aliphatic heterocycles. The summed E-state index contributed by atoms with van der Waals surface area (Å²) < 4.78 is 48.4. The van der Waals surface area contributed by atoms with Crippen LogP contribution in [0.4, 0.5) is 10.1 Å². The summed E-state index contributed by atoms with van der Waals surface area (Å²) in [5, 5.41) is 3.18. The first kappa shape index (κ1) is 33.7. The zero-order valence-electron chi connectivity index (χ0n) is 26.4. The molecule has 47 heavy (non-hydrogen) atoms. The molecule has 0 heterocycles. The maximum atomic E-state index is 14.6. The van der Waals surface area contributed by atoms with Crippen LogP contribution >= 0.6 is 0 Å². The van der Waals surface area contributed by atoms with Gasteiger partial charge in [-0.1, -0.05) is 79.9 Å². The van der Waals surface area contributed by atoms with Crippen molar-refractivity contribution >= 4 is 27.5 Å². The van der Waals surface area contributed by atoms with Gasteiger partial charge in [0, 0.05) is 19.0 Å². The fourth-order valence-corrected chi connectivity index (χ4v) is 7.30. The predicted molar refractivity (Wildman–Crippen MR) is 180 cm³/mol. The highest BCUT2D eigenvalue weighted by molar-refractivity contribution is 7.92. The Hall–Kier alpha value is -4.70. The maximum Gasteiger partial charge on any atom is 0.264 e. The van der Waals surface area contributed by atoms with Crippen LogP contribution in [0, 0.1) is 5.82 Å². The summed E-state index contributed by atoms with van der Waals surface area (Å²) in [6, 6.07) is 28.5. The van der Waals surface area contributed by atoms with Crippen molar-refractivity contribution in [2.45, 2.75) is 62.0 Å². The highest BCUT2D eigenvalue weighted by Gasteiger charge is 2.35. The SMILES string of the molecule is COc1ccc(S(=O)(=O)N(CC(=O)N(Cc2ccc(F)cc2)[C@H](Cc2ccccc2)C(=O)NC2CCCCC2)c2ccccc2)cc1. The number of methoxy groups -OCH3 is 1. The van der Waals surface area contributed by atoms with Gasteiger partial charge in [-0.05, 0) is 72.5 Å². The summed E-state index contributed by atoms with van der Waals surface area (Å²) in [6.07, 6.45) is 5.08. The average molecular weight is 658 g/mol. The number of nitrogens with zero attached hydrogens (tertiary/aromatic N) is 2. The number of halogens is 1. The van der Waals surface area contributed by atoms with E-state index in [1.165, 1.54) is 36.3 Å². The number of sulfonamides is 1. The minimum Gasteiger partial charge on any atom is -0.497 e. The highest BCUT2D eigenvalue weighted by atomic mass is 32.2. The molecular weight excluding hydrogens is 617 g/mol. The van der Waals surface area contributed by atoms with Crippen molar-refractivity contribution in [3.8, 4) is 5.75 Å². The molecule has 0 saturated heterocycles. The molecule has 4 aromatic rings. The zero-order valence-corrected chi connectivity index (χ0v) is 27.2. The molecule has 0 bridgehead atoms. The summed E-state index contributed by atoms with van der Waals surface area (Å²) in [6.45, 7) is -0.596. The Morgan fingerprint density at radius 3 is 2.06 bits per heavy atom. The molecule has 0 unspecified atom stereocenters. The number of rotatable bonds is 13. The Morgan fingerprint density at radius 1 is 0.830 bits per heavy atom. The molecule has 10 heteroatoms. The van der Waals surface area contributed by atoms with Gasteiger partial charge >= 0.3 is 0 Å². The lowest BCUT2D eigenvalue weighted by Crippen LogP contribution is -2.55. The first-order valence-corrected chi connectivity index (χ1v) is 17.3. The molecule has 8 nitrogen and oxygen atoms in total. The number of carbonyl (C=O) groups is 2. The van der Waals surface area contributed by atoms with Gasteiger partial charge in [-0.3, -0.25) is 13.9 Å². The van der Waals surface area contributed by atoms with E-state index in [9.17, 15) is 22.4 Å². The van der Waals surface area contributed by atoms with E-state index in [2.05, 4.69) is 5.32 Å². The minimum absolute atomic E-state index is 0.00596. The van der Waals surface area contributed by atoms with Gasteiger partial charge in [0.1, 0.15) is 24.2 Å². The lowest BCUT2D eigenvalue weighted by atomic mass is 9.94. The van der Waals surface area contributed by atoms with Gasteiger partial charge in [-0.2, -0.15) is 0 Å². The van der Waals surface area contributed by atoms with Crippen molar-refractivity contribution in [1.29, 1.82) is 0 Å². The van der Waals surface area contributed by atoms with Crippen LogP contribution in [0.2, 0.25) is 0 Å². The minimum atomic E-state index is -4.23. The molecule has 1 N–H and O–H groups in total. The lowest BCUT2D eigenvalue weighted by molar-refractivity contribution is -0.140. The number of nitrogens with one attached hydrogen (secondary N) is 1. The normalized spacial score (nSPS) is 14.2. The van der Waals surface area contributed by atoms with E-state index >= 15 is 0 Å². The lowest BCUT2D eigenvalue weighted by Gasteiger charge is -2.35.